The van der Waals surface area contributed by atoms with Crippen molar-refractivity contribution < 1.29 is 13.2 Å². The number of benzene rings is 1. The maximum atomic E-state index is 12.2. The number of sulfonamides is 1. The first-order valence-corrected chi connectivity index (χ1v) is 9.98. The number of nitrogens with one attached hydrogen (secondary N) is 2. The summed E-state index contributed by atoms with van der Waals surface area (Å²) in [6.45, 7) is 1.73. The van der Waals surface area contributed by atoms with E-state index in [-0.39, 0.29) is 10.8 Å². The number of hydrogen-bond donors (Lipinski definition) is 2. The molecule has 3 rings (SSSR count). The van der Waals surface area contributed by atoms with E-state index in [0.29, 0.717) is 5.82 Å². The molecule has 25 heavy (non-hydrogen) atoms. The Balaban J connectivity index is 1.64. The van der Waals surface area contributed by atoms with Gasteiger partial charge in [0.1, 0.15) is 10.0 Å². The number of fused-ring (bicyclic) bond motifs is 1. The molecule has 1 amide bonds. The summed E-state index contributed by atoms with van der Waals surface area (Å²) in [4.78, 5) is 16.7. The molecule has 1 aromatic carbocycles. The molecule has 1 unspecified atom stereocenters. The third-order valence-electron chi connectivity index (χ3n) is 3.79. The molecule has 0 aliphatic heterocycles. The highest BCUT2D eigenvalue weighted by Gasteiger charge is 2.22. The highest BCUT2D eigenvalue weighted by molar-refractivity contribution is 7.91. The zero-order chi connectivity index (χ0) is 18.0. The van der Waals surface area contributed by atoms with Gasteiger partial charge in [-0.05, 0) is 30.5 Å². The van der Waals surface area contributed by atoms with Crippen LogP contribution in [-0.2, 0) is 28.4 Å². The fourth-order valence-corrected chi connectivity index (χ4v) is 4.65. The molecule has 1 atom stereocenters. The molecule has 132 valence electrons. The quantitative estimate of drug-likeness (QED) is 0.682. The van der Waals surface area contributed by atoms with Gasteiger partial charge in [-0.1, -0.05) is 18.2 Å². The monoisotopic (exact) mass is 378 g/mol. The van der Waals surface area contributed by atoms with Crippen molar-refractivity contribution in [1.29, 1.82) is 0 Å². The minimum Gasteiger partial charge on any atom is -0.347 e. The Hall–Kier alpha value is -2.23. The average molecular weight is 378 g/mol. The Labute approximate surface area is 149 Å². The van der Waals surface area contributed by atoms with Crippen LogP contribution in [0.2, 0.25) is 0 Å². The molecule has 0 aliphatic carbocycles. The topological polar surface area (TPSA) is 93.1 Å². The number of amides is 1. The van der Waals surface area contributed by atoms with E-state index in [0.717, 1.165) is 22.4 Å². The number of hydrogen-bond acceptors (Lipinski definition) is 5. The summed E-state index contributed by atoms with van der Waals surface area (Å²) in [6.07, 6.45) is 0. The summed E-state index contributed by atoms with van der Waals surface area (Å²) in [6, 6.07) is 9.94. The summed E-state index contributed by atoms with van der Waals surface area (Å²) >= 11 is 1.10. The number of aromatic nitrogens is 2. The number of imidazole rings is 1. The van der Waals surface area contributed by atoms with E-state index >= 15 is 0 Å². The maximum absolute atomic E-state index is 12.2. The lowest BCUT2D eigenvalue weighted by molar-refractivity contribution is -0.122. The van der Waals surface area contributed by atoms with Crippen LogP contribution in [-0.4, -0.2) is 29.9 Å². The molecule has 0 aliphatic rings. The summed E-state index contributed by atoms with van der Waals surface area (Å²) in [7, 11) is -1.81. The number of carbonyl (C=O) groups excluding carboxylic acids is 1. The smallest absolute Gasteiger partial charge is 0.250 e. The van der Waals surface area contributed by atoms with E-state index in [1.807, 2.05) is 35.9 Å². The van der Waals surface area contributed by atoms with Crippen molar-refractivity contribution in [2.45, 2.75) is 23.7 Å². The first-order chi connectivity index (χ1) is 11.9. The van der Waals surface area contributed by atoms with Gasteiger partial charge in [0.05, 0.1) is 23.6 Å². The molecule has 7 nitrogen and oxygen atoms in total. The van der Waals surface area contributed by atoms with Crippen LogP contribution in [0.25, 0.3) is 11.0 Å². The van der Waals surface area contributed by atoms with Gasteiger partial charge in [-0.3, -0.25) is 4.79 Å². The molecule has 9 heteroatoms. The largest absolute Gasteiger partial charge is 0.347 e. The fraction of sp³-hybridized carbons (Fsp3) is 0.250. The summed E-state index contributed by atoms with van der Waals surface area (Å²) in [5.41, 5.74) is 1.82. The maximum Gasteiger partial charge on any atom is 0.250 e. The van der Waals surface area contributed by atoms with Gasteiger partial charge < -0.3 is 9.88 Å². The summed E-state index contributed by atoms with van der Waals surface area (Å²) in [5.74, 6) is 0.287. The van der Waals surface area contributed by atoms with Crippen molar-refractivity contribution in [3.05, 3.63) is 47.6 Å². The fourth-order valence-electron chi connectivity index (χ4n) is 2.43. The molecule has 2 N–H and O–H groups in total. The van der Waals surface area contributed by atoms with Crippen LogP contribution in [0.5, 0.6) is 0 Å². The van der Waals surface area contributed by atoms with Crippen molar-refractivity contribution in [2.24, 2.45) is 7.05 Å². The summed E-state index contributed by atoms with van der Waals surface area (Å²) < 4.78 is 28.8. The van der Waals surface area contributed by atoms with Crippen molar-refractivity contribution in [3.63, 3.8) is 0 Å². The second kappa shape index (κ2) is 6.95. The van der Waals surface area contributed by atoms with Crippen LogP contribution < -0.4 is 10.0 Å². The molecule has 0 saturated carbocycles. The van der Waals surface area contributed by atoms with Crippen molar-refractivity contribution in [1.82, 2.24) is 19.6 Å². The molecule has 3 aromatic rings. The van der Waals surface area contributed by atoms with Gasteiger partial charge in [0, 0.05) is 7.05 Å². The molecular weight excluding hydrogens is 360 g/mol. The van der Waals surface area contributed by atoms with E-state index in [1.165, 1.54) is 13.0 Å². The first-order valence-electron chi connectivity index (χ1n) is 7.62. The van der Waals surface area contributed by atoms with Crippen LogP contribution in [0.4, 0.5) is 0 Å². The van der Waals surface area contributed by atoms with E-state index in [1.54, 1.807) is 11.4 Å². The number of carbonyl (C=O) groups is 1. The van der Waals surface area contributed by atoms with Crippen molar-refractivity contribution >= 4 is 38.3 Å². The van der Waals surface area contributed by atoms with Crippen LogP contribution in [0.3, 0.4) is 0 Å². The molecule has 0 fully saturated rings. The van der Waals surface area contributed by atoms with Crippen molar-refractivity contribution in [2.75, 3.05) is 0 Å². The van der Waals surface area contributed by atoms with Gasteiger partial charge in [-0.15, -0.1) is 11.3 Å². The lowest BCUT2D eigenvalue weighted by Crippen LogP contribution is -2.44. The zero-order valence-electron chi connectivity index (χ0n) is 13.8. The van der Waals surface area contributed by atoms with Gasteiger partial charge in [-0.25, -0.2) is 13.4 Å². The number of nitrogens with zero attached hydrogens (tertiary/aromatic N) is 2. The normalized spacial score (nSPS) is 13.0. The van der Waals surface area contributed by atoms with Gasteiger partial charge >= 0.3 is 0 Å². The second-order valence-electron chi connectivity index (χ2n) is 5.57. The molecule has 0 radical (unpaired) electrons. The highest BCUT2D eigenvalue weighted by Crippen LogP contribution is 2.16. The Kier molecular flexibility index (Phi) is 4.89. The van der Waals surface area contributed by atoms with Gasteiger partial charge in [0.2, 0.25) is 5.91 Å². The number of para-hydroxylation sites is 2. The van der Waals surface area contributed by atoms with Crippen LogP contribution in [0.1, 0.15) is 12.7 Å². The molecule has 2 heterocycles. The van der Waals surface area contributed by atoms with E-state index < -0.39 is 22.0 Å². The standard InChI is InChI=1S/C16H18N4O3S2/c1-11(19-25(22,23)15-8-5-9-24-15)16(21)17-10-14-18-12-6-3-4-7-13(12)20(14)2/h3-9,11,19H,10H2,1-2H3,(H,17,21). The first kappa shape index (κ1) is 17.6. The third kappa shape index (κ3) is 3.73. The SMILES string of the molecule is CC(NS(=O)(=O)c1cccs1)C(=O)NCc1nc2ccccc2n1C. The average Bonchev–Trinajstić information content (AvgIpc) is 3.22. The lowest BCUT2D eigenvalue weighted by Gasteiger charge is -2.13. The van der Waals surface area contributed by atoms with Gasteiger partial charge in [0.15, 0.2) is 0 Å². The third-order valence-corrected chi connectivity index (χ3v) is 6.72. The predicted molar refractivity (Wildman–Crippen MR) is 96.7 cm³/mol. The Morgan fingerprint density at radius 1 is 1.28 bits per heavy atom. The highest BCUT2D eigenvalue weighted by atomic mass is 32.2. The van der Waals surface area contributed by atoms with Crippen LogP contribution in [0.15, 0.2) is 46.0 Å². The minimum absolute atomic E-state index is 0.183. The minimum atomic E-state index is -3.69. The Bertz CT molecular complexity index is 994. The predicted octanol–water partition coefficient (Wildman–Crippen LogP) is 1.62. The van der Waals surface area contributed by atoms with E-state index in [2.05, 4.69) is 15.0 Å². The van der Waals surface area contributed by atoms with E-state index in [4.69, 9.17) is 0 Å². The molecule has 0 saturated heterocycles. The van der Waals surface area contributed by atoms with Crippen LogP contribution in [0, 0.1) is 0 Å². The molecule has 2 aromatic heterocycles. The molecule has 0 bridgehead atoms. The lowest BCUT2D eigenvalue weighted by atomic mass is 10.3. The van der Waals surface area contributed by atoms with Crippen molar-refractivity contribution in [3.8, 4) is 0 Å². The van der Waals surface area contributed by atoms with Crippen LogP contribution >= 0.6 is 11.3 Å². The summed E-state index contributed by atoms with van der Waals surface area (Å²) in [5, 5.41) is 4.39. The number of aryl methyl sites for hydroxylation is 1. The van der Waals surface area contributed by atoms with Gasteiger partial charge in [-0.2, -0.15) is 4.72 Å². The Morgan fingerprint density at radius 3 is 2.72 bits per heavy atom. The second-order valence-corrected chi connectivity index (χ2v) is 8.46. The van der Waals surface area contributed by atoms with Gasteiger partial charge in [0.25, 0.3) is 10.0 Å². The van der Waals surface area contributed by atoms with E-state index in [9.17, 15) is 13.2 Å². The zero-order valence-corrected chi connectivity index (χ0v) is 15.4. The Morgan fingerprint density at radius 2 is 2.04 bits per heavy atom. The molecule has 0 spiro atoms. The molecular formula is C16H18N4O3S2. The number of thiophene rings is 1. The number of rotatable bonds is 6.